The topological polar surface area (TPSA) is 88.1 Å². The van der Waals surface area contributed by atoms with Gasteiger partial charge in [0.1, 0.15) is 23.0 Å². The van der Waals surface area contributed by atoms with Crippen molar-refractivity contribution in [2.75, 3.05) is 7.11 Å². The van der Waals surface area contributed by atoms with Crippen LogP contribution in [0.25, 0.3) is 0 Å². The van der Waals surface area contributed by atoms with Gasteiger partial charge in [-0.05, 0) is 80.3 Å². The van der Waals surface area contributed by atoms with E-state index in [4.69, 9.17) is 9.47 Å². The van der Waals surface area contributed by atoms with Gasteiger partial charge in [0.2, 0.25) is 5.91 Å². The molecule has 40 heavy (non-hydrogen) atoms. The molecule has 1 heterocycles. The smallest absolute Gasteiger partial charge is 0.410 e. The lowest BCUT2D eigenvalue weighted by atomic mass is 9.80. The number of hydrogen-bond donors (Lipinski definition) is 2. The molecule has 2 aromatic carbocycles. The molecule has 2 amide bonds. The van der Waals surface area contributed by atoms with Gasteiger partial charge in [-0.1, -0.05) is 26.8 Å². The molecule has 1 aliphatic rings. The van der Waals surface area contributed by atoms with E-state index < -0.39 is 47.4 Å². The molecule has 0 radical (unpaired) electrons. The fourth-order valence-corrected chi connectivity index (χ4v) is 5.28. The van der Waals surface area contributed by atoms with Crippen molar-refractivity contribution in [1.82, 2.24) is 10.2 Å². The van der Waals surface area contributed by atoms with E-state index in [9.17, 15) is 23.5 Å². The molecule has 7 nitrogen and oxygen atoms in total. The quantitative estimate of drug-likeness (QED) is 0.478. The molecule has 220 valence electrons. The molecule has 2 aromatic rings. The molecule has 3 rings (SSSR count). The fourth-order valence-electron chi connectivity index (χ4n) is 5.28. The van der Waals surface area contributed by atoms with Gasteiger partial charge in [-0.3, -0.25) is 9.69 Å². The lowest BCUT2D eigenvalue weighted by molar-refractivity contribution is -0.121. The summed E-state index contributed by atoms with van der Waals surface area (Å²) in [6, 6.07) is 5.26. The van der Waals surface area contributed by atoms with E-state index >= 15 is 0 Å². The Kier molecular flexibility index (Phi) is 9.50. The maximum atomic E-state index is 14.0. The van der Waals surface area contributed by atoms with Crippen molar-refractivity contribution in [2.24, 2.45) is 5.41 Å². The number of aliphatic hydroxyl groups excluding tert-OH is 1. The monoisotopic (exact) mass is 560 g/mol. The minimum atomic E-state index is -1.29. The molecular weight excluding hydrogens is 518 g/mol. The number of carbonyl (C=O) groups is 2. The number of nitrogens with zero attached hydrogens (tertiary/aromatic N) is 1. The van der Waals surface area contributed by atoms with Gasteiger partial charge in [-0.15, -0.1) is 0 Å². The van der Waals surface area contributed by atoms with Crippen LogP contribution in [0.4, 0.5) is 13.6 Å². The molecule has 0 fully saturated rings. The maximum Gasteiger partial charge on any atom is 0.410 e. The van der Waals surface area contributed by atoms with Crippen LogP contribution in [0.1, 0.15) is 70.7 Å². The zero-order chi connectivity index (χ0) is 30.0. The first-order valence-electron chi connectivity index (χ1n) is 13.5. The molecular formula is C31H42F2N2O5. The van der Waals surface area contributed by atoms with Crippen molar-refractivity contribution in [2.45, 2.75) is 98.1 Å². The Hall–Kier alpha value is -3.20. The Morgan fingerprint density at radius 3 is 2.23 bits per heavy atom. The number of aliphatic hydroxyl groups is 1. The van der Waals surface area contributed by atoms with Crippen molar-refractivity contribution in [3.63, 3.8) is 0 Å². The molecule has 0 saturated heterocycles. The summed E-state index contributed by atoms with van der Waals surface area (Å²) in [4.78, 5) is 27.1. The van der Waals surface area contributed by atoms with Gasteiger partial charge in [-0.2, -0.15) is 0 Å². The van der Waals surface area contributed by atoms with Crippen LogP contribution in [0.15, 0.2) is 30.3 Å². The van der Waals surface area contributed by atoms with Crippen LogP contribution < -0.4 is 10.1 Å². The number of halogens is 2. The van der Waals surface area contributed by atoms with E-state index in [0.717, 1.165) is 29.2 Å². The van der Waals surface area contributed by atoms with Crippen LogP contribution in [0.2, 0.25) is 0 Å². The number of rotatable bonds is 7. The van der Waals surface area contributed by atoms with E-state index in [1.807, 2.05) is 12.1 Å². The third kappa shape index (κ3) is 8.16. The molecule has 0 unspecified atom stereocenters. The molecule has 0 saturated carbocycles. The SMILES string of the molecule is COc1ccc(CC(C)(C)C)c2c1CN(C(=O)OC(C)(C)C)[C@@H]([C@@H](O)[C@H](Cc1cc(F)cc(F)c1)NC(C)=O)C2. The van der Waals surface area contributed by atoms with E-state index in [-0.39, 0.29) is 30.4 Å². The average Bonchev–Trinajstić information content (AvgIpc) is 2.79. The van der Waals surface area contributed by atoms with Gasteiger partial charge in [0, 0.05) is 18.6 Å². The van der Waals surface area contributed by atoms with Crippen LogP contribution >= 0.6 is 0 Å². The zero-order valence-electron chi connectivity index (χ0n) is 24.7. The minimum absolute atomic E-state index is 0.0288. The van der Waals surface area contributed by atoms with Crippen LogP contribution in [-0.2, 0) is 35.3 Å². The predicted molar refractivity (Wildman–Crippen MR) is 149 cm³/mol. The summed E-state index contributed by atoms with van der Waals surface area (Å²) in [6.45, 7) is 13.1. The van der Waals surface area contributed by atoms with Crippen molar-refractivity contribution in [3.8, 4) is 5.75 Å². The molecule has 9 heteroatoms. The lowest BCUT2D eigenvalue weighted by Gasteiger charge is -2.43. The third-order valence-corrected chi connectivity index (χ3v) is 6.77. The van der Waals surface area contributed by atoms with E-state index in [2.05, 4.69) is 26.1 Å². The number of benzene rings is 2. The molecule has 0 aliphatic carbocycles. The summed E-state index contributed by atoms with van der Waals surface area (Å²) in [7, 11) is 1.57. The van der Waals surface area contributed by atoms with Gasteiger partial charge in [0.15, 0.2) is 0 Å². The number of fused-ring (bicyclic) bond motifs is 1. The number of hydrogen-bond acceptors (Lipinski definition) is 5. The number of amides is 2. The van der Waals surface area contributed by atoms with Crippen molar-refractivity contribution in [3.05, 3.63) is 64.2 Å². The third-order valence-electron chi connectivity index (χ3n) is 6.77. The van der Waals surface area contributed by atoms with Gasteiger partial charge in [0.25, 0.3) is 0 Å². The largest absolute Gasteiger partial charge is 0.496 e. The van der Waals surface area contributed by atoms with Gasteiger partial charge in [0.05, 0.1) is 31.8 Å². The van der Waals surface area contributed by atoms with Crippen molar-refractivity contribution in [1.29, 1.82) is 0 Å². The summed E-state index contributed by atoms with van der Waals surface area (Å²) in [5.41, 5.74) is 2.33. The van der Waals surface area contributed by atoms with Crippen LogP contribution in [0, 0.1) is 17.0 Å². The highest BCUT2D eigenvalue weighted by molar-refractivity contribution is 5.73. The van der Waals surface area contributed by atoms with Gasteiger partial charge < -0.3 is 19.9 Å². The average molecular weight is 561 g/mol. The normalized spacial score (nSPS) is 17.1. The highest BCUT2D eigenvalue weighted by atomic mass is 19.1. The molecule has 2 N–H and O–H groups in total. The van der Waals surface area contributed by atoms with Crippen LogP contribution in [0.3, 0.4) is 0 Å². The number of nitrogens with one attached hydrogen (secondary N) is 1. The summed E-state index contributed by atoms with van der Waals surface area (Å²) in [5, 5.41) is 14.5. The number of ether oxygens (including phenoxy) is 2. The molecule has 0 spiro atoms. The molecule has 0 bridgehead atoms. The zero-order valence-corrected chi connectivity index (χ0v) is 24.7. The van der Waals surface area contributed by atoms with Gasteiger partial charge in [-0.25, -0.2) is 13.6 Å². The summed E-state index contributed by atoms with van der Waals surface area (Å²) < 4.78 is 39.3. The Bertz CT molecular complexity index is 1220. The first kappa shape index (κ1) is 31.3. The Labute approximate surface area is 235 Å². The van der Waals surface area contributed by atoms with E-state index in [1.165, 1.54) is 24.0 Å². The number of carbonyl (C=O) groups excluding carboxylic acids is 2. The second-order valence-electron chi connectivity index (χ2n) is 12.8. The fraction of sp³-hybridized carbons (Fsp3) is 0.548. The highest BCUT2D eigenvalue weighted by Crippen LogP contribution is 2.37. The first-order valence-corrected chi connectivity index (χ1v) is 13.5. The summed E-state index contributed by atoms with van der Waals surface area (Å²) >= 11 is 0. The molecule has 1 aliphatic heterocycles. The van der Waals surface area contributed by atoms with Crippen molar-refractivity contribution < 1.29 is 33.0 Å². The van der Waals surface area contributed by atoms with Crippen molar-refractivity contribution >= 4 is 12.0 Å². The molecule has 0 aromatic heterocycles. The lowest BCUT2D eigenvalue weighted by Crippen LogP contribution is -2.58. The van der Waals surface area contributed by atoms with E-state index in [0.29, 0.717) is 5.75 Å². The van der Waals surface area contributed by atoms with Gasteiger partial charge >= 0.3 is 6.09 Å². The predicted octanol–water partition coefficient (Wildman–Crippen LogP) is 5.33. The second-order valence-corrected chi connectivity index (χ2v) is 12.8. The standard InChI is InChI=1S/C31H42F2N2O5/c1-18(36)34-25(13-19-11-21(32)14-22(33)12-19)28(37)26-15-23-20(16-30(2,3)4)9-10-27(39-8)24(23)17-35(26)29(38)40-31(5,6)7/h9-12,14,25-26,28,37H,13,15-17H2,1-8H3,(H,34,36)/t25-,26+,28-/m0/s1. The second kappa shape index (κ2) is 12.1. The highest BCUT2D eigenvalue weighted by Gasteiger charge is 2.42. The maximum absolute atomic E-state index is 14.0. The van der Waals surface area contributed by atoms with E-state index in [1.54, 1.807) is 27.9 Å². The Morgan fingerprint density at radius 2 is 1.70 bits per heavy atom. The number of methoxy groups -OCH3 is 1. The minimum Gasteiger partial charge on any atom is -0.496 e. The molecule has 3 atom stereocenters. The van der Waals surface area contributed by atoms with Crippen LogP contribution in [0.5, 0.6) is 5.75 Å². The van der Waals surface area contributed by atoms with Crippen LogP contribution in [-0.4, -0.2) is 52.9 Å². The Morgan fingerprint density at radius 1 is 1.07 bits per heavy atom. The first-order chi connectivity index (χ1) is 18.5. The summed E-state index contributed by atoms with van der Waals surface area (Å²) in [5.74, 6) is -1.31. The summed E-state index contributed by atoms with van der Waals surface area (Å²) in [6.07, 6.45) is -0.931. The Balaban J connectivity index is 2.10.